The fraction of sp³-hybridized carbons (Fsp3) is 0.800. The highest BCUT2D eigenvalue weighted by atomic mass is 16.4. The molecule has 0 aromatic carbocycles. The van der Waals surface area contributed by atoms with Gasteiger partial charge in [0.25, 0.3) is 0 Å². The third kappa shape index (κ3) is 4.55. The number of nitrogens with zero attached hydrogens (tertiary/aromatic N) is 1. The number of rotatable bonds is 9. The number of carbonyl (C=O) groups is 4. The summed E-state index contributed by atoms with van der Waals surface area (Å²) in [6, 6.07) is -2.01. The number of hydrogen-bond donors (Lipinski definition) is 4. The van der Waals surface area contributed by atoms with Crippen molar-refractivity contribution in [3.8, 4) is 0 Å². The summed E-state index contributed by atoms with van der Waals surface area (Å²) in [6.07, 6.45) is 5.05. The smallest absolute Gasteiger partial charge is 0.303 e. The van der Waals surface area contributed by atoms with E-state index in [1.54, 1.807) is 11.8 Å². The summed E-state index contributed by atoms with van der Waals surface area (Å²) in [5.41, 5.74) is 11.0. The molecule has 4 saturated carbocycles. The molecule has 0 spiro atoms. The zero-order valence-corrected chi connectivity index (χ0v) is 16.9. The fourth-order valence-electron chi connectivity index (χ4n) is 6.12. The van der Waals surface area contributed by atoms with Crippen molar-refractivity contribution in [2.24, 2.45) is 35.1 Å². The predicted octanol–water partition coefficient (Wildman–Crippen LogP) is -0.178. The zero-order chi connectivity index (χ0) is 21.3. The fourth-order valence-corrected chi connectivity index (χ4v) is 6.12. The highest BCUT2D eigenvalue weighted by Crippen LogP contribution is 2.55. The van der Waals surface area contributed by atoms with Gasteiger partial charge in [-0.05, 0) is 69.1 Å². The number of carbonyl (C=O) groups excluding carboxylic acids is 3. The number of nitrogens with one attached hydrogen (secondary N) is 1. The maximum absolute atomic E-state index is 13.4. The summed E-state index contributed by atoms with van der Waals surface area (Å²) in [5, 5.41) is 11.7. The summed E-state index contributed by atoms with van der Waals surface area (Å²) >= 11 is 0. The van der Waals surface area contributed by atoms with Crippen molar-refractivity contribution in [1.82, 2.24) is 10.2 Å². The number of carboxylic acids is 1. The van der Waals surface area contributed by atoms with E-state index >= 15 is 0 Å². The van der Waals surface area contributed by atoms with Crippen molar-refractivity contribution >= 4 is 23.7 Å². The molecule has 2 atom stereocenters. The molecule has 9 heteroatoms. The van der Waals surface area contributed by atoms with E-state index in [0.717, 1.165) is 25.7 Å². The van der Waals surface area contributed by atoms with Gasteiger partial charge in [0, 0.05) is 12.5 Å². The zero-order valence-electron chi connectivity index (χ0n) is 16.9. The molecule has 6 N–H and O–H groups in total. The second kappa shape index (κ2) is 8.69. The van der Waals surface area contributed by atoms with Crippen LogP contribution in [-0.4, -0.2) is 58.4 Å². The van der Waals surface area contributed by atoms with Crippen molar-refractivity contribution in [2.75, 3.05) is 6.54 Å². The van der Waals surface area contributed by atoms with Crippen LogP contribution in [0.3, 0.4) is 0 Å². The van der Waals surface area contributed by atoms with Gasteiger partial charge >= 0.3 is 5.97 Å². The first-order valence-corrected chi connectivity index (χ1v) is 10.5. The largest absolute Gasteiger partial charge is 0.481 e. The highest BCUT2D eigenvalue weighted by molar-refractivity contribution is 5.92. The number of carboxylic acid groups (broad SMARTS) is 1. The Bertz CT molecular complexity index is 654. The Balaban J connectivity index is 1.90. The van der Waals surface area contributed by atoms with E-state index in [0.29, 0.717) is 23.7 Å². The van der Waals surface area contributed by atoms with E-state index in [4.69, 9.17) is 16.6 Å². The van der Waals surface area contributed by atoms with Gasteiger partial charge in [-0.25, -0.2) is 0 Å². The average Bonchev–Trinajstić information content (AvgIpc) is 2.64. The lowest BCUT2D eigenvalue weighted by atomic mass is 9.53. The normalized spacial score (nSPS) is 31.7. The van der Waals surface area contributed by atoms with Gasteiger partial charge in [0.1, 0.15) is 12.1 Å². The molecule has 0 unspecified atom stereocenters. The molecule has 4 bridgehead atoms. The third-order valence-corrected chi connectivity index (χ3v) is 6.98. The second-order valence-electron chi connectivity index (χ2n) is 9.01. The molecular weight excluding hydrogens is 376 g/mol. The number of nitrogens with two attached hydrogens (primary N) is 2. The topological polar surface area (TPSA) is 156 Å². The molecule has 0 aromatic rings. The lowest BCUT2D eigenvalue weighted by Crippen LogP contribution is -2.65. The Morgan fingerprint density at radius 1 is 1.07 bits per heavy atom. The molecule has 29 heavy (non-hydrogen) atoms. The van der Waals surface area contributed by atoms with E-state index in [-0.39, 0.29) is 25.4 Å². The van der Waals surface area contributed by atoms with Crippen molar-refractivity contribution < 1.29 is 24.3 Å². The Labute approximate surface area is 170 Å². The lowest BCUT2D eigenvalue weighted by molar-refractivity contribution is -0.156. The first-order valence-electron chi connectivity index (χ1n) is 10.5. The Kier molecular flexibility index (Phi) is 6.45. The van der Waals surface area contributed by atoms with Gasteiger partial charge < -0.3 is 26.8 Å². The van der Waals surface area contributed by atoms with Gasteiger partial charge in [0.2, 0.25) is 17.7 Å². The highest BCUT2D eigenvalue weighted by Gasteiger charge is 2.53. The summed E-state index contributed by atoms with van der Waals surface area (Å²) in [5.74, 6) is -0.671. The minimum absolute atomic E-state index is 0.0310. The molecule has 0 heterocycles. The molecule has 4 aliphatic rings. The molecule has 0 aliphatic heterocycles. The summed E-state index contributed by atoms with van der Waals surface area (Å²) in [6.45, 7) is 1.32. The monoisotopic (exact) mass is 408 g/mol. The number of primary amides is 1. The maximum Gasteiger partial charge on any atom is 0.303 e. The molecule has 4 aliphatic carbocycles. The molecule has 4 fully saturated rings. The second-order valence-corrected chi connectivity index (χ2v) is 9.01. The van der Waals surface area contributed by atoms with Gasteiger partial charge in [0.05, 0.1) is 6.54 Å². The van der Waals surface area contributed by atoms with Crippen molar-refractivity contribution in [1.29, 1.82) is 0 Å². The summed E-state index contributed by atoms with van der Waals surface area (Å²) < 4.78 is 0. The molecule has 162 valence electrons. The Morgan fingerprint density at radius 3 is 2.07 bits per heavy atom. The van der Waals surface area contributed by atoms with Crippen LogP contribution < -0.4 is 16.8 Å². The first kappa shape index (κ1) is 21.5. The maximum atomic E-state index is 13.4. The predicted molar refractivity (Wildman–Crippen MR) is 104 cm³/mol. The molecule has 0 saturated heterocycles. The van der Waals surface area contributed by atoms with Gasteiger partial charge in [-0.15, -0.1) is 0 Å². The lowest BCUT2D eigenvalue weighted by Gasteiger charge is -2.58. The van der Waals surface area contributed by atoms with Crippen LogP contribution in [0.2, 0.25) is 0 Å². The molecule has 3 amide bonds. The standard InChI is InChI=1S/C20H32N4O5/c1-10(23-16(25)9-21)20(29)24(15(19(22)28)2-3-17(26)27)18-13-5-11-4-12(7-13)8-14(18)6-11/h10-15,18H,2-9,21H2,1H3,(H2,22,28)(H,23,25)(H,26,27)/t10-,11?,12?,13?,14?,15+,18?/m0/s1. The number of aliphatic carboxylic acids is 1. The van der Waals surface area contributed by atoms with Gasteiger partial charge in [-0.2, -0.15) is 0 Å². The van der Waals surface area contributed by atoms with Crippen molar-refractivity contribution in [2.45, 2.75) is 70.0 Å². The van der Waals surface area contributed by atoms with E-state index in [2.05, 4.69) is 5.32 Å². The SMILES string of the molecule is C[C@H](NC(=O)CN)C(=O)N(C1C2CC3CC(C2)CC1C3)[C@H](CCC(=O)O)C(N)=O. The molecule has 4 rings (SSSR count). The van der Waals surface area contributed by atoms with Crippen LogP contribution in [0.15, 0.2) is 0 Å². The number of amides is 3. The van der Waals surface area contributed by atoms with Gasteiger partial charge in [-0.3, -0.25) is 19.2 Å². The van der Waals surface area contributed by atoms with Crippen molar-refractivity contribution in [3.63, 3.8) is 0 Å². The van der Waals surface area contributed by atoms with Crippen molar-refractivity contribution in [3.05, 3.63) is 0 Å². The van der Waals surface area contributed by atoms with Crippen LogP contribution in [0, 0.1) is 23.7 Å². The minimum Gasteiger partial charge on any atom is -0.481 e. The van der Waals surface area contributed by atoms with Crippen LogP contribution in [0.4, 0.5) is 0 Å². The molecule has 9 nitrogen and oxygen atoms in total. The third-order valence-electron chi connectivity index (χ3n) is 6.98. The number of hydrogen-bond acceptors (Lipinski definition) is 5. The summed E-state index contributed by atoms with van der Waals surface area (Å²) in [7, 11) is 0. The molecular formula is C20H32N4O5. The summed E-state index contributed by atoms with van der Waals surface area (Å²) in [4.78, 5) is 50.1. The minimum atomic E-state index is -1.04. The van der Waals surface area contributed by atoms with E-state index < -0.39 is 35.8 Å². The van der Waals surface area contributed by atoms with Gasteiger partial charge in [-0.1, -0.05) is 0 Å². The average molecular weight is 408 g/mol. The van der Waals surface area contributed by atoms with Crippen LogP contribution >= 0.6 is 0 Å². The van der Waals surface area contributed by atoms with Crippen LogP contribution in [0.25, 0.3) is 0 Å². The van der Waals surface area contributed by atoms with Crippen LogP contribution in [0.1, 0.15) is 51.9 Å². The van der Waals surface area contributed by atoms with E-state index in [1.807, 2.05) is 0 Å². The van der Waals surface area contributed by atoms with Gasteiger partial charge in [0.15, 0.2) is 0 Å². The quantitative estimate of drug-likeness (QED) is 0.415. The first-order chi connectivity index (χ1) is 13.7. The molecule has 0 radical (unpaired) electrons. The molecule has 0 aromatic heterocycles. The Morgan fingerprint density at radius 2 is 1.62 bits per heavy atom. The Hall–Kier alpha value is -2.16. The van der Waals surface area contributed by atoms with E-state index in [9.17, 15) is 19.2 Å². The van der Waals surface area contributed by atoms with Crippen LogP contribution in [0.5, 0.6) is 0 Å². The van der Waals surface area contributed by atoms with Crippen LogP contribution in [-0.2, 0) is 19.2 Å². The van der Waals surface area contributed by atoms with E-state index in [1.165, 1.54) is 6.42 Å².